The molecule has 0 N–H and O–H groups in total. The van der Waals surface area contributed by atoms with Gasteiger partial charge in [0.05, 0.1) is 0 Å². The van der Waals surface area contributed by atoms with Crippen LogP contribution in [-0.4, -0.2) is 50.4 Å². The second-order valence-electron chi connectivity index (χ2n) is 4.75. The molecular formula is C10H20BrNO4S2. The largest absolute Gasteiger partial charge is 0.228 e. The lowest BCUT2D eigenvalue weighted by atomic mass is 9.95. The van der Waals surface area contributed by atoms with E-state index >= 15 is 0 Å². The molecule has 1 rings (SSSR count). The number of alkyl halides is 1. The second kappa shape index (κ2) is 6.67. The molecule has 0 atom stereocenters. The molecule has 0 heterocycles. The summed E-state index contributed by atoms with van der Waals surface area (Å²) in [5, 5.41) is -0.268. The normalized spacial score (nSPS) is 19.3. The van der Waals surface area contributed by atoms with E-state index in [1.165, 1.54) is 4.31 Å². The lowest BCUT2D eigenvalue weighted by Crippen LogP contribution is -2.44. The highest BCUT2D eigenvalue weighted by Gasteiger charge is 2.32. The third-order valence-electron chi connectivity index (χ3n) is 3.01. The van der Waals surface area contributed by atoms with Gasteiger partial charge in [-0.3, -0.25) is 0 Å². The van der Waals surface area contributed by atoms with Gasteiger partial charge in [0, 0.05) is 24.2 Å². The van der Waals surface area contributed by atoms with Crippen molar-refractivity contribution in [1.29, 1.82) is 0 Å². The Morgan fingerprint density at radius 3 is 2.11 bits per heavy atom. The van der Waals surface area contributed by atoms with Crippen molar-refractivity contribution >= 4 is 35.8 Å². The van der Waals surface area contributed by atoms with E-state index in [0.717, 1.165) is 38.4 Å². The molecule has 0 aliphatic heterocycles. The molecule has 0 amide bonds. The van der Waals surface area contributed by atoms with E-state index in [9.17, 15) is 16.8 Å². The minimum Gasteiger partial charge on any atom is -0.228 e. The maximum Gasteiger partial charge on any atom is 0.228 e. The van der Waals surface area contributed by atoms with Gasteiger partial charge < -0.3 is 0 Å². The molecule has 0 spiro atoms. The Bertz CT molecular complexity index is 454. The quantitative estimate of drug-likeness (QED) is 0.669. The molecule has 108 valence electrons. The Kier molecular flexibility index (Phi) is 6.08. The SMILES string of the molecule is CS(=O)(=O)CS(=O)(=O)N(CCBr)C1CCCCC1. The monoisotopic (exact) mass is 361 g/mol. The lowest BCUT2D eigenvalue weighted by molar-refractivity contribution is 0.264. The van der Waals surface area contributed by atoms with Crippen molar-refractivity contribution in [1.82, 2.24) is 4.31 Å². The summed E-state index contributed by atoms with van der Waals surface area (Å²) in [5.74, 6) is 0. The van der Waals surface area contributed by atoms with Crippen LogP contribution in [-0.2, 0) is 19.9 Å². The topological polar surface area (TPSA) is 71.5 Å². The van der Waals surface area contributed by atoms with Crippen LogP contribution >= 0.6 is 15.9 Å². The molecule has 0 aromatic carbocycles. The Morgan fingerprint density at radius 2 is 1.67 bits per heavy atom. The summed E-state index contributed by atoms with van der Waals surface area (Å²) in [4.78, 5) is 0. The average molecular weight is 362 g/mol. The van der Waals surface area contributed by atoms with Crippen LogP contribution in [0.4, 0.5) is 0 Å². The molecule has 1 fully saturated rings. The second-order valence-corrected chi connectivity index (χ2v) is 9.97. The summed E-state index contributed by atoms with van der Waals surface area (Å²) in [7, 11) is -7.26. The van der Waals surface area contributed by atoms with Crippen LogP contribution in [0.1, 0.15) is 32.1 Å². The van der Waals surface area contributed by atoms with Crippen LogP contribution in [0.15, 0.2) is 0 Å². The van der Waals surface area contributed by atoms with Crippen LogP contribution in [0.2, 0.25) is 0 Å². The van der Waals surface area contributed by atoms with E-state index in [2.05, 4.69) is 15.9 Å². The number of sulfone groups is 1. The minimum atomic E-state index is -3.73. The minimum absolute atomic E-state index is 0.0388. The average Bonchev–Trinajstić information content (AvgIpc) is 2.23. The van der Waals surface area contributed by atoms with E-state index < -0.39 is 24.9 Å². The van der Waals surface area contributed by atoms with E-state index in [-0.39, 0.29) is 6.04 Å². The maximum atomic E-state index is 12.2. The smallest absolute Gasteiger partial charge is 0.228 e. The fourth-order valence-electron chi connectivity index (χ4n) is 2.34. The highest BCUT2D eigenvalue weighted by Crippen LogP contribution is 2.25. The number of nitrogens with zero attached hydrogens (tertiary/aromatic N) is 1. The molecule has 0 unspecified atom stereocenters. The summed E-state index contributed by atoms with van der Waals surface area (Å²) in [6, 6.07) is -0.0388. The number of rotatable bonds is 6. The zero-order valence-corrected chi connectivity index (χ0v) is 13.7. The predicted octanol–water partition coefficient (Wildman–Crippen LogP) is 1.35. The van der Waals surface area contributed by atoms with Gasteiger partial charge in [-0.2, -0.15) is 4.31 Å². The van der Waals surface area contributed by atoms with Crippen molar-refractivity contribution < 1.29 is 16.8 Å². The van der Waals surface area contributed by atoms with Crippen LogP contribution in [0.25, 0.3) is 0 Å². The first-order valence-electron chi connectivity index (χ1n) is 5.99. The van der Waals surface area contributed by atoms with E-state index in [0.29, 0.717) is 11.9 Å². The summed E-state index contributed by atoms with van der Waals surface area (Å²) < 4.78 is 48.1. The Morgan fingerprint density at radius 1 is 1.11 bits per heavy atom. The van der Waals surface area contributed by atoms with Crippen molar-refractivity contribution in [3.63, 3.8) is 0 Å². The predicted molar refractivity (Wildman–Crippen MR) is 76.0 cm³/mol. The molecule has 5 nitrogen and oxygen atoms in total. The highest BCUT2D eigenvalue weighted by molar-refractivity contribution is 9.09. The van der Waals surface area contributed by atoms with Gasteiger partial charge >= 0.3 is 0 Å². The molecule has 0 aromatic rings. The fraction of sp³-hybridized carbons (Fsp3) is 1.00. The zero-order valence-electron chi connectivity index (χ0n) is 10.5. The molecule has 1 aliphatic carbocycles. The van der Waals surface area contributed by atoms with Gasteiger partial charge in [0.1, 0.15) is 0 Å². The first kappa shape index (κ1) is 16.4. The van der Waals surface area contributed by atoms with E-state index in [1.807, 2.05) is 0 Å². The van der Waals surface area contributed by atoms with Gasteiger partial charge in [0.2, 0.25) is 10.0 Å². The highest BCUT2D eigenvalue weighted by atomic mass is 79.9. The zero-order chi connectivity index (χ0) is 13.8. The summed E-state index contributed by atoms with van der Waals surface area (Å²) >= 11 is 3.23. The van der Waals surface area contributed by atoms with Gasteiger partial charge in [-0.15, -0.1) is 0 Å². The van der Waals surface area contributed by atoms with Crippen LogP contribution in [0, 0.1) is 0 Å². The van der Waals surface area contributed by atoms with E-state index in [1.54, 1.807) is 0 Å². The van der Waals surface area contributed by atoms with Gasteiger partial charge in [0.15, 0.2) is 14.9 Å². The van der Waals surface area contributed by atoms with Gasteiger partial charge in [0.25, 0.3) is 0 Å². The molecule has 1 saturated carbocycles. The molecular weight excluding hydrogens is 342 g/mol. The van der Waals surface area contributed by atoms with Gasteiger partial charge in [-0.05, 0) is 12.8 Å². The third kappa shape index (κ3) is 5.14. The standard InChI is InChI=1S/C10H20BrNO4S2/c1-17(13,14)9-18(15,16)12(8-7-11)10-5-3-2-4-6-10/h10H,2-9H2,1H3. The number of sulfonamides is 1. The third-order valence-corrected chi connectivity index (χ3v) is 7.46. The molecule has 0 radical (unpaired) electrons. The fourth-order valence-corrected chi connectivity index (χ4v) is 6.70. The summed E-state index contributed by atoms with van der Waals surface area (Å²) in [6.07, 6.45) is 5.77. The molecule has 0 bridgehead atoms. The number of halogens is 1. The van der Waals surface area contributed by atoms with Crippen molar-refractivity contribution in [3.05, 3.63) is 0 Å². The Hall–Kier alpha value is 0.340. The first-order chi connectivity index (χ1) is 8.26. The first-order valence-corrected chi connectivity index (χ1v) is 10.8. The maximum absolute atomic E-state index is 12.2. The Labute approximate surface area is 118 Å². The van der Waals surface area contributed by atoms with Gasteiger partial charge in [-0.25, -0.2) is 16.8 Å². The van der Waals surface area contributed by atoms with Crippen molar-refractivity contribution in [3.8, 4) is 0 Å². The molecule has 1 aliphatic rings. The number of hydrogen-bond acceptors (Lipinski definition) is 4. The van der Waals surface area contributed by atoms with Crippen molar-refractivity contribution in [2.45, 2.75) is 38.1 Å². The summed E-state index contributed by atoms with van der Waals surface area (Å²) in [5.41, 5.74) is 0. The number of hydrogen-bond donors (Lipinski definition) is 0. The molecule has 0 saturated heterocycles. The Balaban J connectivity index is 2.89. The lowest BCUT2D eigenvalue weighted by Gasteiger charge is -2.32. The van der Waals surface area contributed by atoms with Gasteiger partial charge in [-0.1, -0.05) is 35.2 Å². The van der Waals surface area contributed by atoms with Crippen molar-refractivity contribution in [2.24, 2.45) is 0 Å². The van der Waals surface area contributed by atoms with Crippen LogP contribution in [0.5, 0.6) is 0 Å². The molecule has 18 heavy (non-hydrogen) atoms. The van der Waals surface area contributed by atoms with Crippen LogP contribution in [0.3, 0.4) is 0 Å². The summed E-state index contributed by atoms with van der Waals surface area (Å²) in [6.45, 7) is 0.336. The van der Waals surface area contributed by atoms with Crippen LogP contribution < -0.4 is 0 Å². The molecule has 8 heteroatoms. The molecule has 0 aromatic heterocycles. The van der Waals surface area contributed by atoms with Crippen molar-refractivity contribution in [2.75, 3.05) is 23.2 Å². The van der Waals surface area contributed by atoms with E-state index in [4.69, 9.17) is 0 Å².